The second-order valence-corrected chi connectivity index (χ2v) is 15.1. The van der Waals surface area contributed by atoms with E-state index in [2.05, 4.69) is 0 Å². The standard InChI is InChI=1S/C37H47ClO8/c1-22(2)23(3)18-32(41)46-30-21-29-33(5)14-13-28(45-31(40)11-10-25-8-7-9-27(38)19-25)20-26(33)12-15-36(29,43)37(44)17-16-35(42,24(4)39)34(30,37)6/h7-12,18-19,22,28-30,42-44H,13-17,20-21H2,1-6H3/b11-10+,23-18+/t28-,29+,30+,33-,34+,35+,36-,37+/m0/s1. The number of halogens is 1. The van der Waals surface area contributed by atoms with Gasteiger partial charge in [0.2, 0.25) is 0 Å². The number of rotatable bonds is 7. The topological polar surface area (TPSA) is 130 Å². The Morgan fingerprint density at radius 1 is 1.02 bits per heavy atom. The molecule has 0 radical (unpaired) electrons. The zero-order valence-electron chi connectivity index (χ0n) is 27.6. The first kappa shape index (κ1) is 34.6. The third-order valence-electron chi connectivity index (χ3n) is 12.2. The predicted octanol–water partition coefficient (Wildman–Crippen LogP) is 5.90. The van der Waals surface area contributed by atoms with Gasteiger partial charge in [0.15, 0.2) is 5.78 Å². The number of ketones is 1. The number of hydrogen-bond donors (Lipinski definition) is 3. The first-order valence-corrected chi connectivity index (χ1v) is 16.7. The number of aliphatic hydroxyl groups is 3. The molecule has 5 rings (SSSR count). The first-order chi connectivity index (χ1) is 21.4. The van der Waals surface area contributed by atoms with Crippen molar-refractivity contribution in [1.82, 2.24) is 0 Å². The molecule has 3 N–H and O–H groups in total. The molecule has 0 amide bonds. The highest BCUT2D eigenvalue weighted by atomic mass is 35.5. The van der Waals surface area contributed by atoms with E-state index in [-0.39, 0.29) is 37.7 Å². The Morgan fingerprint density at radius 2 is 1.74 bits per heavy atom. The van der Waals surface area contributed by atoms with Crippen LogP contribution in [-0.2, 0) is 23.9 Å². The molecule has 0 aliphatic heterocycles. The highest BCUT2D eigenvalue weighted by molar-refractivity contribution is 6.30. The number of Topliss-reactive ketones (excluding diaryl/α,β-unsaturated/α-hetero) is 1. The van der Waals surface area contributed by atoms with Crippen LogP contribution >= 0.6 is 11.6 Å². The van der Waals surface area contributed by atoms with Crippen LogP contribution in [0.1, 0.15) is 92.1 Å². The molecule has 0 spiro atoms. The van der Waals surface area contributed by atoms with Gasteiger partial charge in [-0.15, -0.1) is 0 Å². The molecule has 1 aromatic rings. The Morgan fingerprint density at radius 3 is 2.39 bits per heavy atom. The van der Waals surface area contributed by atoms with Gasteiger partial charge in [-0.05, 0) is 94.4 Å². The number of benzene rings is 1. The molecule has 8 atom stereocenters. The summed E-state index contributed by atoms with van der Waals surface area (Å²) in [6, 6.07) is 7.15. The van der Waals surface area contributed by atoms with Crippen LogP contribution in [0.25, 0.3) is 6.08 Å². The van der Waals surface area contributed by atoms with E-state index in [0.29, 0.717) is 24.3 Å². The lowest BCUT2D eigenvalue weighted by Crippen LogP contribution is -2.78. The second-order valence-electron chi connectivity index (χ2n) is 14.7. The molecule has 46 heavy (non-hydrogen) atoms. The van der Waals surface area contributed by atoms with Gasteiger partial charge in [0.25, 0.3) is 0 Å². The van der Waals surface area contributed by atoms with E-state index in [9.17, 15) is 29.7 Å². The quantitative estimate of drug-likeness (QED) is 0.188. The summed E-state index contributed by atoms with van der Waals surface area (Å²) in [5.41, 5.74) is -5.29. The van der Waals surface area contributed by atoms with Crippen molar-refractivity contribution in [2.75, 3.05) is 0 Å². The van der Waals surface area contributed by atoms with Crippen LogP contribution in [0.15, 0.2) is 53.6 Å². The zero-order chi connectivity index (χ0) is 33.9. The Balaban J connectivity index is 1.44. The monoisotopic (exact) mass is 654 g/mol. The van der Waals surface area contributed by atoms with Gasteiger partial charge in [0, 0.05) is 29.5 Å². The summed E-state index contributed by atoms with van der Waals surface area (Å²) in [6.07, 6.45) is 6.67. The van der Waals surface area contributed by atoms with Crippen LogP contribution in [0.4, 0.5) is 0 Å². The van der Waals surface area contributed by atoms with Crippen LogP contribution in [0.2, 0.25) is 5.02 Å². The number of carbonyl (C=O) groups excluding carboxylic acids is 3. The fourth-order valence-corrected chi connectivity index (χ4v) is 9.16. The van der Waals surface area contributed by atoms with Crippen LogP contribution < -0.4 is 0 Å². The smallest absolute Gasteiger partial charge is 0.331 e. The lowest BCUT2D eigenvalue weighted by atomic mass is 9.42. The molecule has 8 nitrogen and oxygen atoms in total. The van der Waals surface area contributed by atoms with Crippen LogP contribution in [0, 0.1) is 22.7 Å². The minimum absolute atomic E-state index is 0.0278. The molecule has 0 saturated heterocycles. The van der Waals surface area contributed by atoms with Crippen molar-refractivity contribution >= 4 is 35.4 Å². The normalized spacial score (nSPS) is 38.9. The van der Waals surface area contributed by atoms with Crippen molar-refractivity contribution in [3.8, 4) is 0 Å². The first-order valence-electron chi connectivity index (χ1n) is 16.3. The molecular weight excluding hydrogens is 608 g/mol. The summed E-state index contributed by atoms with van der Waals surface area (Å²) < 4.78 is 11.9. The maximum Gasteiger partial charge on any atom is 0.331 e. The van der Waals surface area contributed by atoms with E-state index in [1.807, 2.05) is 39.8 Å². The number of allylic oxidation sites excluding steroid dienone is 1. The van der Waals surface area contributed by atoms with E-state index in [4.69, 9.17) is 21.1 Å². The van der Waals surface area contributed by atoms with E-state index >= 15 is 0 Å². The van der Waals surface area contributed by atoms with Gasteiger partial charge in [-0.1, -0.05) is 61.7 Å². The summed E-state index contributed by atoms with van der Waals surface area (Å²) in [5, 5.41) is 37.7. The average molecular weight is 655 g/mol. The fourth-order valence-electron chi connectivity index (χ4n) is 8.96. The highest BCUT2D eigenvalue weighted by Gasteiger charge is 2.81. The molecule has 0 aromatic heterocycles. The van der Waals surface area contributed by atoms with Crippen molar-refractivity contribution in [1.29, 1.82) is 0 Å². The molecule has 3 saturated carbocycles. The zero-order valence-corrected chi connectivity index (χ0v) is 28.4. The average Bonchev–Trinajstić information content (AvgIpc) is 3.22. The van der Waals surface area contributed by atoms with Gasteiger partial charge in [-0.2, -0.15) is 0 Å². The third-order valence-corrected chi connectivity index (χ3v) is 12.4. The van der Waals surface area contributed by atoms with E-state index in [1.54, 1.807) is 31.2 Å². The van der Waals surface area contributed by atoms with Crippen LogP contribution in [0.3, 0.4) is 0 Å². The van der Waals surface area contributed by atoms with E-state index < -0.39 is 57.4 Å². The van der Waals surface area contributed by atoms with Gasteiger partial charge < -0.3 is 24.8 Å². The van der Waals surface area contributed by atoms with Gasteiger partial charge in [-0.3, -0.25) is 4.79 Å². The molecule has 0 heterocycles. The highest BCUT2D eigenvalue weighted by Crippen LogP contribution is 2.71. The van der Waals surface area contributed by atoms with Crippen molar-refractivity contribution in [2.45, 2.75) is 115 Å². The van der Waals surface area contributed by atoms with Crippen molar-refractivity contribution in [2.24, 2.45) is 22.7 Å². The Bertz CT molecular complexity index is 1510. The SMILES string of the molecule is CC(=O)[C@]1(O)CC[C@@]2(O)[C@]1(C)[C@H](OC(=O)/C=C(\C)C(C)C)C[C@@H]1[C@@]3(C)CC[C@H](OC(=O)/C=C/c4cccc(Cl)c4)CC3=CC[C@]12O. The lowest BCUT2D eigenvalue weighted by Gasteiger charge is -2.67. The summed E-state index contributed by atoms with van der Waals surface area (Å²) in [5.74, 6) is -2.05. The van der Waals surface area contributed by atoms with Crippen molar-refractivity contribution in [3.05, 3.63) is 64.2 Å². The predicted molar refractivity (Wildman–Crippen MR) is 174 cm³/mol. The molecule has 1 aromatic carbocycles. The van der Waals surface area contributed by atoms with Crippen LogP contribution in [-0.4, -0.2) is 62.1 Å². The molecule has 0 unspecified atom stereocenters. The molecule has 4 aliphatic carbocycles. The van der Waals surface area contributed by atoms with Crippen molar-refractivity contribution in [3.63, 3.8) is 0 Å². The molecule has 4 aliphatic rings. The Hall–Kier alpha value is -2.78. The summed E-state index contributed by atoms with van der Waals surface area (Å²) in [7, 11) is 0. The van der Waals surface area contributed by atoms with E-state index in [1.165, 1.54) is 19.1 Å². The molecule has 3 fully saturated rings. The fraction of sp³-hybridized carbons (Fsp3) is 0.595. The number of fused-ring (bicyclic) bond motifs is 5. The Kier molecular flexibility index (Phi) is 9.04. The number of ether oxygens (including phenoxy) is 2. The van der Waals surface area contributed by atoms with Gasteiger partial charge in [-0.25, -0.2) is 9.59 Å². The van der Waals surface area contributed by atoms with Crippen molar-refractivity contribution < 1.29 is 39.2 Å². The number of hydrogen-bond acceptors (Lipinski definition) is 8. The second kappa shape index (κ2) is 12.0. The third kappa shape index (κ3) is 5.29. The van der Waals surface area contributed by atoms with E-state index in [0.717, 1.165) is 16.7 Å². The minimum Gasteiger partial charge on any atom is -0.459 e. The van der Waals surface area contributed by atoms with Gasteiger partial charge in [0.05, 0.1) is 5.41 Å². The minimum atomic E-state index is -2.00. The summed E-state index contributed by atoms with van der Waals surface area (Å²) >= 11 is 6.05. The van der Waals surface area contributed by atoms with Crippen LogP contribution in [0.5, 0.6) is 0 Å². The number of esters is 2. The molecule has 0 bridgehead atoms. The largest absolute Gasteiger partial charge is 0.459 e. The maximum absolute atomic E-state index is 13.3. The molecule has 250 valence electrons. The summed E-state index contributed by atoms with van der Waals surface area (Å²) in [6.45, 7) is 10.7. The Labute approximate surface area is 276 Å². The lowest BCUT2D eigenvalue weighted by molar-refractivity contribution is -0.314. The maximum atomic E-state index is 13.3. The van der Waals surface area contributed by atoms with Gasteiger partial charge >= 0.3 is 11.9 Å². The van der Waals surface area contributed by atoms with Gasteiger partial charge in [0.1, 0.15) is 29.0 Å². The molecular formula is C37H47ClO8. The number of carbonyl (C=O) groups is 3. The molecule has 9 heteroatoms. The summed E-state index contributed by atoms with van der Waals surface area (Å²) in [4.78, 5) is 39.0.